The van der Waals surface area contributed by atoms with Gasteiger partial charge < -0.3 is 9.88 Å². The predicted octanol–water partition coefficient (Wildman–Crippen LogP) is 3.16. The minimum atomic E-state index is -0.0921. The summed E-state index contributed by atoms with van der Waals surface area (Å²) >= 11 is 5.48. The molecule has 0 bridgehead atoms. The van der Waals surface area contributed by atoms with Gasteiger partial charge in [-0.2, -0.15) is 5.26 Å². The molecule has 2 aromatic rings. The van der Waals surface area contributed by atoms with Crippen LogP contribution in [0.4, 0.5) is 0 Å². The number of hydrogen-bond donors (Lipinski definition) is 1. The first-order valence-corrected chi connectivity index (χ1v) is 8.39. The van der Waals surface area contributed by atoms with Crippen LogP contribution in [0.25, 0.3) is 0 Å². The topological polar surface area (TPSA) is 61.1 Å². The van der Waals surface area contributed by atoms with Crippen molar-refractivity contribution in [1.82, 2.24) is 14.8 Å². The van der Waals surface area contributed by atoms with Crippen LogP contribution < -0.4 is 5.32 Å². The van der Waals surface area contributed by atoms with Crippen LogP contribution in [0.1, 0.15) is 32.7 Å². The monoisotopic (exact) mass is 354 g/mol. The quantitative estimate of drug-likeness (QED) is 0.838. The molecule has 1 aromatic carbocycles. The number of aryl methyl sites for hydroxylation is 2. The van der Waals surface area contributed by atoms with E-state index in [2.05, 4.69) is 16.3 Å². The number of hydrogen-bond acceptors (Lipinski definition) is 4. The average Bonchev–Trinajstić information content (AvgIpc) is 2.59. The molecule has 0 spiro atoms. The summed E-state index contributed by atoms with van der Waals surface area (Å²) in [5.41, 5.74) is 4.25. The molecule has 1 N–H and O–H groups in total. The second kappa shape index (κ2) is 8.06. The van der Waals surface area contributed by atoms with Gasteiger partial charge in [-0.15, -0.1) is 0 Å². The van der Waals surface area contributed by atoms with E-state index in [1.54, 1.807) is 7.05 Å². The van der Waals surface area contributed by atoms with Crippen LogP contribution >= 0.6 is 12.2 Å². The Bertz CT molecular complexity index is 878. The van der Waals surface area contributed by atoms with Gasteiger partial charge in [-0.3, -0.25) is 9.69 Å². The molecule has 1 heterocycles. The van der Waals surface area contributed by atoms with Crippen LogP contribution in [-0.2, 0) is 13.2 Å². The summed E-state index contributed by atoms with van der Waals surface area (Å²) in [6, 6.07) is 11.7. The molecule has 1 amide bonds. The van der Waals surface area contributed by atoms with Gasteiger partial charge in [-0.1, -0.05) is 24.4 Å². The van der Waals surface area contributed by atoms with E-state index in [-0.39, 0.29) is 5.91 Å². The molecule has 0 fully saturated rings. The van der Waals surface area contributed by atoms with E-state index >= 15 is 0 Å². The van der Waals surface area contributed by atoms with E-state index in [9.17, 15) is 10.1 Å². The van der Waals surface area contributed by atoms with Crippen LogP contribution in [0.2, 0.25) is 0 Å². The maximum absolute atomic E-state index is 11.6. The maximum atomic E-state index is 11.6. The number of rotatable bonds is 5. The summed E-state index contributed by atoms with van der Waals surface area (Å²) in [6.07, 6.45) is 0. The van der Waals surface area contributed by atoms with E-state index in [0.717, 1.165) is 16.8 Å². The Hall–Kier alpha value is -2.49. The summed E-state index contributed by atoms with van der Waals surface area (Å²) in [7, 11) is 3.62. The number of nitrogens with one attached hydrogen (secondary N) is 1. The fraction of sp³-hybridized carbons (Fsp3) is 0.316. The van der Waals surface area contributed by atoms with Crippen molar-refractivity contribution in [3.8, 4) is 6.07 Å². The third-order valence-corrected chi connectivity index (χ3v) is 4.52. The molecule has 130 valence electrons. The molecule has 0 saturated carbocycles. The van der Waals surface area contributed by atoms with Crippen molar-refractivity contribution in [2.45, 2.75) is 27.1 Å². The van der Waals surface area contributed by atoms with Crippen molar-refractivity contribution >= 4 is 18.1 Å². The zero-order valence-electron chi connectivity index (χ0n) is 15.0. The number of carbonyl (C=O) groups is 1. The lowest BCUT2D eigenvalue weighted by Crippen LogP contribution is -2.24. The molecule has 0 unspecified atom stereocenters. The highest BCUT2D eigenvalue weighted by Gasteiger charge is 2.10. The SMILES string of the molecule is CNC(=O)c1ccc(CN(C)Cn2c(C)cc(C)c(C#N)c2=S)cc1. The molecule has 2 rings (SSSR count). The zero-order valence-corrected chi connectivity index (χ0v) is 15.8. The van der Waals surface area contributed by atoms with Gasteiger partial charge in [0.15, 0.2) is 0 Å². The molecular formula is C19H22N4OS. The first-order chi connectivity index (χ1) is 11.9. The van der Waals surface area contributed by atoms with E-state index in [4.69, 9.17) is 12.2 Å². The normalized spacial score (nSPS) is 10.6. The lowest BCUT2D eigenvalue weighted by Gasteiger charge is -2.21. The first-order valence-electron chi connectivity index (χ1n) is 7.98. The van der Waals surface area contributed by atoms with Gasteiger partial charge in [-0.25, -0.2) is 0 Å². The molecule has 1 aromatic heterocycles. The second-order valence-corrected chi connectivity index (χ2v) is 6.51. The van der Waals surface area contributed by atoms with Crippen molar-refractivity contribution in [2.75, 3.05) is 14.1 Å². The number of pyridine rings is 1. The first kappa shape index (κ1) is 18.8. The Kier molecular flexibility index (Phi) is 6.07. The van der Waals surface area contributed by atoms with E-state index in [1.165, 1.54) is 0 Å². The third-order valence-electron chi connectivity index (χ3n) is 4.09. The van der Waals surface area contributed by atoms with Crippen LogP contribution in [0.3, 0.4) is 0 Å². The molecule has 6 heteroatoms. The summed E-state index contributed by atoms with van der Waals surface area (Å²) in [5.74, 6) is -0.0921. The highest BCUT2D eigenvalue weighted by Crippen LogP contribution is 2.14. The fourth-order valence-corrected chi connectivity index (χ4v) is 3.16. The van der Waals surface area contributed by atoms with Crippen molar-refractivity contribution < 1.29 is 4.79 Å². The van der Waals surface area contributed by atoms with Crippen molar-refractivity contribution in [3.05, 3.63) is 62.9 Å². The van der Waals surface area contributed by atoms with Gasteiger partial charge in [-0.05, 0) is 50.2 Å². The molecule has 0 aliphatic rings. The van der Waals surface area contributed by atoms with Crippen LogP contribution in [0.15, 0.2) is 30.3 Å². The van der Waals surface area contributed by atoms with Gasteiger partial charge in [0.1, 0.15) is 10.7 Å². The van der Waals surface area contributed by atoms with Crippen LogP contribution in [-0.4, -0.2) is 29.5 Å². The lowest BCUT2D eigenvalue weighted by atomic mass is 10.1. The van der Waals surface area contributed by atoms with Crippen LogP contribution in [0, 0.1) is 29.8 Å². The Labute approximate surface area is 153 Å². The highest BCUT2D eigenvalue weighted by atomic mass is 32.1. The number of benzene rings is 1. The second-order valence-electron chi connectivity index (χ2n) is 6.12. The molecular weight excluding hydrogens is 332 g/mol. The number of carbonyl (C=O) groups excluding carboxylic acids is 1. The van der Waals surface area contributed by atoms with Gasteiger partial charge in [0.25, 0.3) is 5.91 Å². The summed E-state index contributed by atoms with van der Waals surface area (Å²) in [4.78, 5) is 13.7. The Morgan fingerprint density at radius 2 is 1.96 bits per heavy atom. The van der Waals surface area contributed by atoms with Crippen molar-refractivity contribution in [1.29, 1.82) is 5.26 Å². The smallest absolute Gasteiger partial charge is 0.251 e. The lowest BCUT2D eigenvalue weighted by molar-refractivity contribution is 0.0963. The Balaban J connectivity index is 2.16. The molecule has 0 saturated heterocycles. The highest BCUT2D eigenvalue weighted by molar-refractivity contribution is 7.71. The predicted molar refractivity (Wildman–Crippen MR) is 101 cm³/mol. The number of nitriles is 1. The van der Waals surface area contributed by atoms with Crippen molar-refractivity contribution in [3.63, 3.8) is 0 Å². The largest absolute Gasteiger partial charge is 0.355 e. The summed E-state index contributed by atoms with van der Waals surface area (Å²) in [6.45, 7) is 5.21. The standard InChI is InChI=1S/C19H22N4OS/c1-13-9-14(2)23(19(25)17(13)10-20)12-22(4)11-15-5-7-16(8-6-15)18(24)21-3/h5-9H,11-12H2,1-4H3,(H,21,24). The van der Waals surface area contributed by atoms with Gasteiger partial charge in [0, 0.05) is 24.8 Å². The Morgan fingerprint density at radius 1 is 1.32 bits per heavy atom. The number of nitrogens with zero attached hydrogens (tertiary/aromatic N) is 3. The molecule has 0 radical (unpaired) electrons. The molecule has 5 nitrogen and oxygen atoms in total. The van der Waals surface area contributed by atoms with Gasteiger partial charge in [0.2, 0.25) is 0 Å². The summed E-state index contributed by atoms with van der Waals surface area (Å²) < 4.78 is 2.54. The van der Waals surface area contributed by atoms with E-state index in [0.29, 0.717) is 29.0 Å². The minimum Gasteiger partial charge on any atom is -0.355 e. The Morgan fingerprint density at radius 3 is 2.52 bits per heavy atom. The molecule has 0 atom stereocenters. The average molecular weight is 354 g/mol. The third kappa shape index (κ3) is 4.32. The molecule has 25 heavy (non-hydrogen) atoms. The van der Waals surface area contributed by atoms with Gasteiger partial charge >= 0.3 is 0 Å². The van der Waals surface area contributed by atoms with Crippen molar-refractivity contribution in [2.24, 2.45) is 0 Å². The number of amides is 1. The van der Waals surface area contributed by atoms with Gasteiger partial charge in [0.05, 0.1) is 12.2 Å². The van der Waals surface area contributed by atoms with Crippen LogP contribution in [0.5, 0.6) is 0 Å². The fourth-order valence-electron chi connectivity index (χ4n) is 2.75. The molecule has 0 aliphatic carbocycles. The number of aromatic nitrogens is 1. The van der Waals surface area contributed by atoms with E-state index in [1.807, 2.05) is 55.8 Å². The van der Waals surface area contributed by atoms with E-state index < -0.39 is 0 Å². The summed E-state index contributed by atoms with van der Waals surface area (Å²) in [5, 5.41) is 11.9. The zero-order chi connectivity index (χ0) is 18.6. The minimum absolute atomic E-state index is 0.0921. The maximum Gasteiger partial charge on any atom is 0.251 e. The molecule has 0 aliphatic heterocycles.